The van der Waals surface area contributed by atoms with E-state index in [-0.39, 0.29) is 16.7 Å². The van der Waals surface area contributed by atoms with Gasteiger partial charge in [-0.1, -0.05) is 6.92 Å². The SMILES string of the molecule is CCC(O)CCNC1CCN(c2ccc([N+](=O)[O-])cc2)CC1. The molecule has 0 amide bonds. The maximum absolute atomic E-state index is 10.7. The van der Waals surface area contributed by atoms with Crippen molar-refractivity contribution in [1.29, 1.82) is 0 Å². The molecule has 2 rings (SSSR count). The Morgan fingerprint density at radius 3 is 2.55 bits per heavy atom. The van der Waals surface area contributed by atoms with Crippen LogP contribution in [0.4, 0.5) is 11.4 Å². The Morgan fingerprint density at radius 2 is 2.00 bits per heavy atom. The first-order valence-electron chi connectivity index (χ1n) is 8.01. The number of nitrogens with one attached hydrogen (secondary N) is 1. The maximum Gasteiger partial charge on any atom is 0.269 e. The van der Waals surface area contributed by atoms with E-state index in [1.54, 1.807) is 12.1 Å². The predicted octanol–water partition coefficient (Wildman–Crippen LogP) is 2.31. The van der Waals surface area contributed by atoms with Gasteiger partial charge in [-0.25, -0.2) is 0 Å². The third-order valence-electron chi connectivity index (χ3n) is 4.30. The van der Waals surface area contributed by atoms with E-state index in [0.29, 0.717) is 6.04 Å². The second-order valence-corrected chi connectivity index (χ2v) is 5.84. The van der Waals surface area contributed by atoms with Crippen molar-refractivity contribution < 1.29 is 10.0 Å². The molecule has 0 aromatic heterocycles. The van der Waals surface area contributed by atoms with Crippen molar-refractivity contribution in [3.05, 3.63) is 34.4 Å². The van der Waals surface area contributed by atoms with Crippen molar-refractivity contribution >= 4 is 11.4 Å². The topological polar surface area (TPSA) is 78.6 Å². The molecule has 1 unspecified atom stereocenters. The molecule has 0 aliphatic carbocycles. The molecular weight excluding hydrogens is 282 g/mol. The highest BCUT2D eigenvalue weighted by Crippen LogP contribution is 2.22. The van der Waals surface area contributed by atoms with Crippen molar-refractivity contribution in [3.8, 4) is 0 Å². The highest BCUT2D eigenvalue weighted by molar-refractivity contribution is 5.51. The highest BCUT2D eigenvalue weighted by Gasteiger charge is 2.19. The molecule has 1 heterocycles. The number of non-ortho nitro benzene ring substituents is 1. The number of hydrogen-bond donors (Lipinski definition) is 2. The molecule has 2 N–H and O–H groups in total. The van der Waals surface area contributed by atoms with Gasteiger partial charge in [0.1, 0.15) is 0 Å². The largest absolute Gasteiger partial charge is 0.393 e. The lowest BCUT2D eigenvalue weighted by Gasteiger charge is -2.34. The normalized spacial score (nSPS) is 17.5. The minimum Gasteiger partial charge on any atom is -0.393 e. The monoisotopic (exact) mass is 307 g/mol. The summed E-state index contributed by atoms with van der Waals surface area (Å²) in [7, 11) is 0. The fraction of sp³-hybridized carbons (Fsp3) is 0.625. The number of benzene rings is 1. The molecule has 0 spiro atoms. The van der Waals surface area contributed by atoms with E-state index >= 15 is 0 Å². The third-order valence-corrected chi connectivity index (χ3v) is 4.30. The minimum atomic E-state index is -0.370. The zero-order chi connectivity index (χ0) is 15.9. The van der Waals surface area contributed by atoms with Crippen LogP contribution in [0, 0.1) is 10.1 Å². The molecule has 1 aliphatic heterocycles. The molecule has 0 radical (unpaired) electrons. The summed E-state index contributed by atoms with van der Waals surface area (Å²) in [6.45, 7) is 4.75. The molecule has 1 fully saturated rings. The first kappa shape index (κ1) is 16.7. The van der Waals surface area contributed by atoms with Crippen LogP contribution in [0.2, 0.25) is 0 Å². The fourth-order valence-corrected chi connectivity index (χ4v) is 2.79. The van der Waals surface area contributed by atoms with Crippen molar-refractivity contribution in [2.75, 3.05) is 24.5 Å². The molecule has 1 atom stereocenters. The van der Waals surface area contributed by atoms with Crippen LogP contribution in [0.1, 0.15) is 32.6 Å². The summed E-state index contributed by atoms with van der Waals surface area (Å²) >= 11 is 0. The second-order valence-electron chi connectivity index (χ2n) is 5.84. The van der Waals surface area contributed by atoms with Gasteiger partial charge in [0.15, 0.2) is 0 Å². The van der Waals surface area contributed by atoms with E-state index in [4.69, 9.17) is 0 Å². The van der Waals surface area contributed by atoms with Crippen molar-refractivity contribution in [1.82, 2.24) is 5.32 Å². The summed E-state index contributed by atoms with van der Waals surface area (Å²) in [4.78, 5) is 12.6. The second kappa shape index (κ2) is 8.10. The van der Waals surface area contributed by atoms with E-state index in [2.05, 4.69) is 10.2 Å². The van der Waals surface area contributed by atoms with Crippen LogP contribution in [0.25, 0.3) is 0 Å². The number of aliphatic hydroxyl groups excluding tert-OH is 1. The zero-order valence-corrected chi connectivity index (χ0v) is 13.1. The highest BCUT2D eigenvalue weighted by atomic mass is 16.6. The van der Waals surface area contributed by atoms with E-state index in [1.165, 1.54) is 0 Å². The van der Waals surface area contributed by atoms with Gasteiger partial charge in [-0.2, -0.15) is 0 Å². The first-order chi connectivity index (χ1) is 10.6. The Morgan fingerprint density at radius 1 is 1.36 bits per heavy atom. The molecule has 1 aromatic rings. The summed E-state index contributed by atoms with van der Waals surface area (Å²) < 4.78 is 0. The van der Waals surface area contributed by atoms with Gasteiger partial charge in [-0.3, -0.25) is 10.1 Å². The lowest BCUT2D eigenvalue weighted by atomic mass is 10.0. The predicted molar refractivity (Wildman–Crippen MR) is 87.2 cm³/mol. The molecule has 6 nitrogen and oxygen atoms in total. The van der Waals surface area contributed by atoms with E-state index < -0.39 is 0 Å². The zero-order valence-electron chi connectivity index (χ0n) is 13.1. The van der Waals surface area contributed by atoms with Gasteiger partial charge < -0.3 is 15.3 Å². The lowest BCUT2D eigenvalue weighted by Crippen LogP contribution is -2.43. The molecule has 1 saturated heterocycles. The number of nitrogens with zero attached hydrogens (tertiary/aromatic N) is 2. The van der Waals surface area contributed by atoms with E-state index in [1.807, 2.05) is 19.1 Å². The number of nitro benzene ring substituents is 1. The summed E-state index contributed by atoms with van der Waals surface area (Å²) in [5.41, 5.74) is 1.18. The molecule has 1 aliphatic rings. The van der Waals surface area contributed by atoms with Crippen molar-refractivity contribution in [3.63, 3.8) is 0 Å². The van der Waals surface area contributed by atoms with Crippen LogP contribution in [0.5, 0.6) is 0 Å². The molecule has 0 saturated carbocycles. The van der Waals surface area contributed by atoms with E-state index in [9.17, 15) is 15.2 Å². The Balaban J connectivity index is 1.75. The van der Waals surface area contributed by atoms with Gasteiger partial charge in [0, 0.05) is 37.0 Å². The van der Waals surface area contributed by atoms with Gasteiger partial charge in [0.2, 0.25) is 0 Å². The Bertz CT molecular complexity index is 470. The fourth-order valence-electron chi connectivity index (χ4n) is 2.79. The van der Waals surface area contributed by atoms with Crippen LogP contribution >= 0.6 is 0 Å². The molecule has 22 heavy (non-hydrogen) atoms. The smallest absolute Gasteiger partial charge is 0.269 e. The van der Waals surface area contributed by atoms with Crippen LogP contribution < -0.4 is 10.2 Å². The molecule has 122 valence electrons. The summed E-state index contributed by atoms with van der Waals surface area (Å²) in [5, 5.41) is 23.7. The number of aliphatic hydroxyl groups is 1. The summed E-state index contributed by atoms with van der Waals surface area (Å²) in [5.74, 6) is 0. The Hall–Kier alpha value is -1.66. The van der Waals surface area contributed by atoms with Gasteiger partial charge in [-0.15, -0.1) is 0 Å². The van der Waals surface area contributed by atoms with Gasteiger partial charge >= 0.3 is 0 Å². The quantitative estimate of drug-likeness (QED) is 0.597. The van der Waals surface area contributed by atoms with Crippen LogP contribution in [0.15, 0.2) is 24.3 Å². The number of rotatable bonds is 7. The number of anilines is 1. The average molecular weight is 307 g/mol. The summed E-state index contributed by atoms with van der Waals surface area (Å²) in [6.07, 6.45) is 3.52. The average Bonchev–Trinajstić information content (AvgIpc) is 2.55. The summed E-state index contributed by atoms with van der Waals surface area (Å²) in [6, 6.07) is 7.27. The Labute approximate surface area is 131 Å². The van der Waals surface area contributed by atoms with Crippen molar-refractivity contribution in [2.24, 2.45) is 0 Å². The van der Waals surface area contributed by atoms with E-state index in [0.717, 1.165) is 51.0 Å². The standard InChI is InChI=1S/C16H25N3O3/c1-2-16(20)7-10-17-13-8-11-18(12-9-13)14-3-5-15(6-4-14)19(21)22/h3-6,13,16-17,20H,2,7-12H2,1H3. The number of piperidine rings is 1. The molecule has 1 aromatic carbocycles. The molecule has 6 heteroatoms. The van der Waals surface area contributed by atoms with Crippen LogP contribution in [-0.2, 0) is 0 Å². The minimum absolute atomic E-state index is 0.134. The van der Waals surface area contributed by atoms with Crippen LogP contribution in [0.3, 0.4) is 0 Å². The van der Waals surface area contributed by atoms with Gasteiger partial charge in [0.25, 0.3) is 5.69 Å². The third kappa shape index (κ3) is 4.68. The number of hydrogen-bond acceptors (Lipinski definition) is 5. The first-order valence-corrected chi connectivity index (χ1v) is 8.01. The number of nitro groups is 1. The lowest BCUT2D eigenvalue weighted by molar-refractivity contribution is -0.384. The van der Waals surface area contributed by atoms with Gasteiger partial charge in [0.05, 0.1) is 11.0 Å². The maximum atomic E-state index is 10.7. The molecular formula is C16H25N3O3. The van der Waals surface area contributed by atoms with Gasteiger partial charge in [-0.05, 0) is 44.4 Å². The Kier molecular flexibility index (Phi) is 6.15. The van der Waals surface area contributed by atoms with Crippen molar-refractivity contribution in [2.45, 2.75) is 44.8 Å². The molecule has 0 bridgehead atoms. The van der Waals surface area contributed by atoms with Crippen LogP contribution in [-0.4, -0.2) is 41.8 Å².